The van der Waals surface area contributed by atoms with Crippen LogP contribution in [0.25, 0.3) is 0 Å². The molecule has 1 aliphatic carbocycles. The molecule has 0 aromatic carbocycles. The molecule has 96 valence electrons. The molecule has 0 aliphatic heterocycles. The summed E-state index contributed by atoms with van der Waals surface area (Å²) < 4.78 is 39.3. The van der Waals surface area contributed by atoms with Gasteiger partial charge in [0.05, 0.1) is 11.6 Å². The zero-order chi connectivity index (χ0) is 13.3. The van der Waals surface area contributed by atoms with E-state index in [4.69, 9.17) is 5.41 Å². The molecule has 0 amide bonds. The lowest BCUT2D eigenvalue weighted by Crippen LogP contribution is -2.16. The number of aryl methyl sites for hydroxylation is 1. The van der Waals surface area contributed by atoms with E-state index in [2.05, 4.69) is 0 Å². The van der Waals surface area contributed by atoms with Gasteiger partial charge in [-0.2, -0.15) is 13.2 Å². The highest BCUT2D eigenvalue weighted by molar-refractivity contribution is 7.09. The Morgan fingerprint density at radius 2 is 2.06 bits per heavy atom. The van der Waals surface area contributed by atoms with E-state index in [1.807, 2.05) is 6.92 Å². The van der Waals surface area contributed by atoms with Crippen molar-refractivity contribution in [1.29, 1.82) is 5.41 Å². The lowest BCUT2D eigenvalue weighted by atomic mass is 10.2. The van der Waals surface area contributed by atoms with E-state index in [0.717, 1.165) is 17.0 Å². The molecule has 0 spiro atoms. The van der Waals surface area contributed by atoms with Crippen LogP contribution in [0.4, 0.5) is 13.2 Å². The Labute approximate surface area is 106 Å². The summed E-state index contributed by atoms with van der Waals surface area (Å²) >= 11 is 1.30. The van der Waals surface area contributed by atoms with Crippen LogP contribution < -0.4 is 4.80 Å². The van der Waals surface area contributed by atoms with Gasteiger partial charge in [0.25, 0.3) is 0 Å². The van der Waals surface area contributed by atoms with Gasteiger partial charge < -0.3 is 4.57 Å². The number of allylic oxidation sites excluding steroid dienone is 6. The maximum Gasteiger partial charge on any atom is 0.416 e. The van der Waals surface area contributed by atoms with E-state index in [1.54, 1.807) is 16.8 Å². The minimum atomic E-state index is -4.34. The van der Waals surface area contributed by atoms with Gasteiger partial charge in [-0.05, 0) is 6.92 Å². The molecule has 6 heteroatoms. The highest BCUT2D eigenvalue weighted by Gasteiger charge is 2.31. The van der Waals surface area contributed by atoms with Crippen molar-refractivity contribution >= 4 is 11.3 Å². The van der Waals surface area contributed by atoms with Crippen molar-refractivity contribution < 1.29 is 13.2 Å². The molecule has 1 aromatic rings. The molecule has 18 heavy (non-hydrogen) atoms. The topological polar surface area (TPSA) is 28.8 Å². The van der Waals surface area contributed by atoms with Gasteiger partial charge in [-0.3, -0.25) is 5.41 Å². The van der Waals surface area contributed by atoms with Crippen LogP contribution >= 0.6 is 11.3 Å². The molecule has 0 fully saturated rings. The summed E-state index contributed by atoms with van der Waals surface area (Å²) in [5.74, 6) is 0. The molecule has 0 saturated heterocycles. The minimum Gasteiger partial charge on any atom is -0.313 e. The first kappa shape index (κ1) is 12.9. The monoisotopic (exact) mass is 272 g/mol. The van der Waals surface area contributed by atoms with Crippen LogP contribution in [0.15, 0.2) is 42.2 Å². The predicted octanol–water partition coefficient (Wildman–Crippen LogP) is 3.49. The van der Waals surface area contributed by atoms with Gasteiger partial charge in [0.1, 0.15) is 0 Å². The van der Waals surface area contributed by atoms with Gasteiger partial charge in [0, 0.05) is 11.1 Å². The standard InChI is InChI=1S/C12H11F3N2S/c1-8-7-17(11(16)18-8)10-4-2-3-9(5-6-10)12(13,14)15/h2-7,10,16H,1H3. The molecule has 1 atom stereocenters. The zero-order valence-electron chi connectivity index (χ0n) is 9.53. The molecular formula is C12H11F3N2S. The fourth-order valence-corrected chi connectivity index (χ4v) is 2.43. The fourth-order valence-electron chi connectivity index (χ4n) is 1.68. The van der Waals surface area contributed by atoms with Gasteiger partial charge >= 0.3 is 6.18 Å². The number of nitrogens with one attached hydrogen (secondary N) is 1. The average Bonchev–Trinajstić information content (AvgIpc) is 2.51. The van der Waals surface area contributed by atoms with Crippen molar-refractivity contribution in [3.8, 4) is 0 Å². The normalized spacial score (nSPS) is 19.8. The molecule has 2 nitrogen and oxygen atoms in total. The molecule has 1 N–H and O–H groups in total. The SMILES string of the molecule is Cc1cn(C2C=CC=C(C(F)(F)F)C=C2)c(=N)s1. The van der Waals surface area contributed by atoms with Gasteiger partial charge in [0.15, 0.2) is 4.80 Å². The van der Waals surface area contributed by atoms with Crippen LogP contribution in [0, 0.1) is 12.3 Å². The van der Waals surface area contributed by atoms with E-state index in [1.165, 1.54) is 23.5 Å². The number of hydrogen-bond donors (Lipinski definition) is 1. The van der Waals surface area contributed by atoms with Crippen LogP contribution in [0.2, 0.25) is 0 Å². The average molecular weight is 272 g/mol. The molecule has 2 rings (SSSR count). The Kier molecular flexibility index (Phi) is 3.30. The van der Waals surface area contributed by atoms with Crippen molar-refractivity contribution in [2.45, 2.75) is 19.1 Å². The van der Waals surface area contributed by atoms with E-state index < -0.39 is 11.7 Å². The van der Waals surface area contributed by atoms with Gasteiger partial charge in [0.2, 0.25) is 0 Å². The van der Waals surface area contributed by atoms with Crippen LogP contribution in [0.1, 0.15) is 10.9 Å². The quantitative estimate of drug-likeness (QED) is 0.811. The summed E-state index contributed by atoms with van der Waals surface area (Å²) in [6, 6.07) is -0.349. The molecule has 0 radical (unpaired) electrons. The summed E-state index contributed by atoms with van der Waals surface area (Å²) in [6.07, 6.45) is 4.00. The molecule has 1 aromatic heterocycles. The van der Waals surface area contributed by atoms with Crippen molar-refractivity contribution in [3.05, 3.63) is 51.8 Å². The van der Waals surface area contributed by atoms with E-state index in [9.17, 15) is 13.2 Å². The largest absolute Gasteiger partial charge is 0.416 e. The number of nitrogens with zero attached hydrogens (tertiary/aromatic N) is 1. The van der Waals surface area contributed by atoms with Crippen LogP contribution in [-0.2, 0) is 0 Å². The summed E-state index contributed by atoms with van der Waals surface area (Å²) in [4.78, 5) is 1.28. The number of alkyl halides is 3. The highest BCUT2D eigenvalue weighted by atomic mass is 32.1. The Morgan fingerprint density at radius 3 is 2.61 bits per heavy atom. The second-order valence-electron chi connectivity index (χ2n) is 3.91. The third kappa shape index (κ3) is 2.64. The summed E-state index contributed by atoms with van der Waals surface area (Å²) in [7, 11) is 0. The first-order chi connectivity index (χ1) is 8.38. The summed E-state index contributed by atoms with van der Waals surface area (Å²) in [5, 5.41) is 7.75. The number of halogens is 3. The highest BCUT2D eigenvalue weighted by Crippen LogP contribution is 2.29. The third-order valence-corrected chi connectivity index (χ3v) is 3.35. The summed E-state index contributed by atoms with van der Waals surface area (Å²) in [5.41, 5.74) is -0.680. The van der Waals surface area contributed by atoms with Gasteiger partial charge in [-0.1, -0.05) is 30.4 Å². The molecule has 0 saturated carbocycles. The van der Waals surface area contributed by atoms with Gasteiger partial charge in [-0.15, -0.1) is 11.3 Å². The lowest BCUT2D eigenvalue weighted by molar-refractivity contribution is -0.0881. The fraction of sp³-hybridized carbons (Fsp3) is 0.250. The number of aromatic nitrogens is 1. The molecule has 0 bridgehead atoms. The predicted molar refractivity (Wildman–Crippen MR) is 64.4 cm³/mol. The first-order valence-electron chi connectivity index (χ1n) is 5.25. The maximum atomic E-state index is 12.5. The Balaban J connectivity index is 2.32. The Morgan fingerprint density at radius 1 is 1.33 bits per heavy atom. The van der Waals surface area contributed by atoms with E-state index in [0.29, 0.717) is 4.80 Å². The van der Waals surface area contributed by atoms with E-state index in [-0.39, 0.29) is 6.04 Å². The van der Waals surface area contributed by atoms with Crippen LogP contribution in [0.3, 0.4) is 0 Å². The number of thiazole rings is 1. The maximum absolute atomic E-state index is 12.5. The van der Waals surface area contributed by atoms with Crippen molar-refractivity contribution in [2.75, 3.05) is 0 Å². The number of rotatable bonds is 1. The molecular weight excluding hydrogens is 261 g/mol. The second kappa shape index (κ2) is 4.61. The van der Waals surface area contributed by atoms with E-state index >= 15 is 0 Å². The minimum absolute atomic E-state index is 0.322. The smallest absolute Gasteiger partial charge is 0.313 e. The van der Waals surface area contributed by atoms with Crippen molar-refractivity contribution in [3.63, 3.8) is 0 Å². The molecule has 1 unspecified atom stereocenters. The second-order valence-corrected chi connectivity index (χ2v) is 5.14. The third-order valence-electron chi connectivity index (χ3n) is 2.52. The van der Waals surface area contributed by atoms with Crippen LogP contribution in [-0.4, -0.2) is 10.7 Å². The Bertz CT molecular complexity index is 587. The summed E-state index contributed by atoms with van der Waals surface area (Å²) in [6.45, 7) is 1.86. The first-order valence-corrected chi connectivity index (χ1v) is 6.06. The van der Waals surface area contributed by atoms with Crippen LogP contribution in [0.5, 0.6) is 0 Å². The lowest BCUT2D eigenvalue weighted by Gasteiger charge is -2.09. The van der Waals surface area contributed by atoms with Gasteiger partial charge in [-0.25, -0.2) is 0 Å². The molecule has 1 heterocycles. The molecule has 1 aliphatic rings. The van der Waals surface area contributed by atoms with Crippen molar-refractivity contribution in [1.82, 2.24) is 4.57 Å². The number of hydrogen-bond acceptors (Lipinski definition) is 2. The Hall–Kier alpha value is -1.56. The van der Waals surface area contributed by atoms with Crippen molar-refractivity contribution in [2.24, 2.45) is 0 Å². The zero-order valence-corrected chi connectivity index (χ0v) is 10.3.